The van der Waals surface area contributed by atoms with Crippen molar-refractivity contribution in [2.24, 2.45) is 5.10 Å². The van der Waals surface area contributed by atoms with Gasteiger partial charge in [-0.25, -0.2) is 5.01 Å². The van der Waals surface area contributed by atoms with Gasteiger partial charge in [0.1, 0.15) is 11.5 Å². The molecule has 4 heteroatoms. The van der Waals surface area contributed by atoms with E-state index in [9.17, 15) is 0 Å². The zero-order chi connectivity index (χ0) is 15.9. The highest BCUT2D eigenvalue weighted by Gasteiger charge is 2.20. The molecule has 0 N–H and O–H groups in total. The molecule has 1 aliphatic rings. The summed E-state index contributed by atoms with van der Waals surface area (Å²) in [7, 11) is 0. The fourth-order valence-electron chi connectivity index (χ4n) is 2.19. The van der Waals surface area contributed by atoms with Crippen LogP contribution >= 0.6 is 11.6 Å². The normalized spacial score (nSPS) is 14.5. The monoisotopic (exact) mass is 316 g/mol. The van der Waals surface area contributed by atoms with E-state index in [-0.39, 0.29) is 0 Å². The lowest BCUT2D eigenvalue weighted by Gasteiger charge is -2.27. The van der Waals surface area contributed by atoms with Crippen LogP contribution in [0, 0.1) is 0 Å². The van der Waals surface area contributed by atoms with Crippen molar-refractivity contribution in [1.29, 1.82) is 0 Å². The fraction of sp³-hybridized carbons (Fsp3) is 0.278. The summed E-state index contributed by atoms with van der Waals surface area (Å²) in [6.45, 7) is 10.5. The van der Waals surface area contributed by atoms with Crippen molar-refractivity contribution in [3.8, 4) is 0 Å². The number of allylic oxidation sites excluding steroid dienone is 2. The lowest BCUT2D eigenvalue weighted by Crippen LogP contribution is -2.22. The number of anilines is 1. The Morgan fingerprint density at radius 3 is 2.91 bits per heavy atom. The molecule has 0 unspecified atom stereocenters. The topological polar surface area (TPSA) is 24.8 Å². The third kappa shape index (κ3) is 4.01. The molecule has 2 rings (SSSR count). The first-order valence-corrected chi connectivity index (χ1v) is 7.75. The van der Waals surface area contributed by atoms with Crippen molar-refractivity contribution in [3.05, 3.63) is 65.6 Å². The van der Waals surface area contributed by atoms with Crippen LogP contribution in [-0.4, -0.2) is 12.8 Å². The van der Waals surface area contributed by atoms with Crippen LogP contribution in [-0.2, 0) is 4.74 Å². The number of hydrogen-bond donors (Lipinski definition) is 0. The smallest absolute Gasteiger partial charge is 0.148 e. The number of unbranched alkanes of at least 4 members (excludes halogenated alkanes) is 2. The fourth-order valence-corrected chi connectivity index (χ4v) is 2.37. The van der Waals surface area contributed by atoms with Crippen molar-refractivity contribution in [2.45, 2.75) is 26.2 Å². The molecule has 0 saturated carbocycles. The van der Waals surface area contributed by atoms with Crippen molar-refractivity contribution in [1.82, 2.24) is 0 Å². The van der Waals surface area contributed by atoms with Gasteiger partial charge in [-0.05, 0) is 44.4 Å². The van der Waals surface area contributed by atoms with E-state index in [0.717, 1.165) is 42.0 Å². The average Bonchev–Trinajstić information content (AvgIpc) is 2.50. The Hall–Kier alpha value is -2.00. The molecule has 0 saturated heterocycles. The lowest BCUT2D eigenvalue weighted by molar-refractivity contribution is 0.210. The lowest BCUT2D eigenvalue weighted by atomic mass is 10.2. The van der Waals surface area contributed by atoms with Crippen LogP contribution in [0.15, 0.2) is 65.6 Å². The van der Waals surface area contributed by atoms with E-state index >= 15 is 0 Å². The van der Waals surface area contributed by atoms with Gasteiger partial charge in [-0.15, -0.1) is 6.58 Å². The first kappa shape index (κ1) is 16.4. The molecule has 1 aliphatic heterocycles. The van der Waals surface area contributed by atoms with Crippen molar-refractivity contribution in [2.75, 3.05) is 11.6 Å². The van der Waals surface area contributed by atoms with Gasteiger partial charge in [0.2, 0.25) is 0 Å². The largest absolute Gasteiger partial charge is 0.491 e. The summed E-state index contributed by atoms with van der Waals surface area (Å²) in [4.78, 5) is 0. The molecule has 0 spiro atoms. The summed E-state index contributed by atoms with van der Waals surface area (Å²) < 4.78 is 5.92. The molecular weight excluding hydrogens is 296 g/mol. The number of rotatable bonds is 7. The second-order valence-electron chi connectivity index (χ2n) is 5.13. The maximum absolute atomic E-state index is 6.05. The first-order chi connectivity index (χ1) is 10.6. The van der Waals surface area contributed by atoms with Crippen LogP contribution in [0.2, 0.25) is 5.02 Å². The zero-order valence-electron chi connectivity index (χ0n) is 12.9. The average molecular weight is 317 g/mol. The van der Waals surface area contributed by atoms with E-state index in [1.165, 1.54) is 0 Å². The Kier molecular flexibility index (Phi) is 5.84. The predicted octanol–water partition coefficient (Wildman–Crippen LogP) is 5.31. The van der Waals surface area contributed by atoms with E-state index in [1.54, 1.807) is 11.2 Å². The summed E-state index contributed by atoms with van der Waals surface area (Å²) >= 11 is 6.05. The van der Waals surface area contributed by atoms with Gasteiger partial charge in [0, 0.05) is 10.6 Å². The first-order valence-electron chi connectivity index (χ1n) is 7.37. The number of hydrogen-bond acceptors (Lipinski definition) is 3. The van der Waals surface area contributed by atoms with Gasteiger partial charge in [-0.1, -0.05) is 30.3 Å². The van der Waals surface area contributed by atoms with Gasteiger partial charge in [-0.3, -0.25) is 0 Å². The highest BCUT2D eigenvalue weighted by Crippen LogP contribution is 2.30. The molecule has 1 heterocycles. The third-order valence-electron chi connectivity index (χ3n) is 3.34. The molecule has 22 heavy (non-hydrogen) atoms. The zero-order valence-corrected chi connectivity index (χ0v) is 13.6. The van der Waals surface area contributed by atoms with E-state index in [2.05, 4.69) is 18.3 Å². The molecule has 116 valence electrons. The quantitative estimate of drug-likeness (QED) is 0.503. The van der Waals surface area contributed by atoms with Gasteiger partial charge in [0.25, 0.3) is 0 Å². The molecule has 0 aromatic heterocycles. The van der Waals surface area contributed by atoms with Gasteiger partial charge < -0.3 is 4.74 Å². The van der Waals surface area contributed by atoms with Crippen molar-refractivity contribution < 1.29 is 4.74 Å². The predicted molar refractivity (Wildman–Crippen MR) is 94.3 cm³/mol. The number of halogens is 1. The number of benzene rings is 1. The summed E-state index contributed by atoms with van der Waals surface area (Å²) in [5.41, 5.74) is 2.58. The molecule has 0 atom stereocenters. The summed E-state index contributed by atoms with van der Waals surface area (Å²) in [5.74, 6) is 0.786. The Balaban J connectivity index is 2.05. The van der Waals surface area contributed by atoms with Gasteiger partial charge in [0.15, 0.2) is 0 Å². The minimum atomic E-state index is 0.663. The van der Waals surface area contributed by atoms with E-state index in [1.807, 2.05) is 37.3 Å². The maximum atomic E-state index is 6.05. The number of ether oxygens (including phenoxy) is 1. The number of nitrogens with zero attached hydrogens (tertiary/aromatic N) is 2. The molecule has 0 amide bonds. The van der Waals surface area contributed by atoms with Crippen LogP contribution in [0.25, 0.3) is 0 Å². The molecule has 3 nitrogen and oxygen atoms in total. The number of hydrazone groups is 1. The van der Waals surface area contributed by atoms with E-state index in [0.29, 0.717) is 11.6 Å². The Labute approximate surface area is 137 Å². The highest BCUT2D eigenvalue weighted by atomic mass is 35.5. The van der Waals surface area contributed by atoms with Crippen LogP contribution in [0.1, 0.15) is 26.2 Å². The summed E-state index contributed by atoms with van der Waals surface area (Å²) in [6.07, 6.45) is 6.80. The summed E-state index contributed by atoms with van der Waals surface area (Å²) in [5, 5.41) is 6.82. The minimum Gasteiger partial charge on any atom is -0.491 e. The van der Waals surface area contributed by atoms with Gasteiger partial charge >= 0.3 is 0 Å². The van der Waals surface area contributed by atoms with Crippen molar-refractivity contribution >= 4 is 23.5 Å². The second kappa shape index (κ2) is 7.85. The maximum Gasteiger partial charge on any atom is 0.148 e. The Morgan fingerprint density at radius 1 is 1.36 bits per heavy atom. The van der Waals surface area contributed by atoms with Crippen LogP contribution in [0.3, 0.4) is 0 Å². The molecule has 0 bridgehead atoms. The van der Waals surface area contributed by atoms with Crippen molar-refractivity contribution in [3.63, 3.8) is 0 Å². The second-order valence-corrected chi connectivity index (χ2v) is 5.56. The molecule has 0 aliphatic carbocycles. The molecule has 1 aromatic carbocycles. The molecule has 0 fully saturated rings. The highest BCUT2D eigenvalue weighted by molar-refractivity contribution is 6.30. The molecular formula is C18H21ClN2O. The SMILES string of the molecule is C=CCCCCOC1=C(C)C=NN(c2cccc(Cl)c2)C1=C. The Bertz CT molecular complexity index is 619. The summed E-state index contributed by atoms with van der Waals surface area (Å²) in [6, 6.07) is 7.52. The molecule has 1 aromatic rings. The minimum absolute atomic E-state index is 0.663. The standard InChI is InChI=1S/C18H21ClN2O/c1-4-5-6-7-11-22-18-14(2)13-20-21(15(18)3)17-10-8-9-16(19)12-17/h4,8-10,12-13H,1,3,5-7,11H2,2H3. The Morgan fingerprint density at radius 2 is 2.18 bits per heavy atom. The van der Waals surface area contributed by atoms with Crippen LogP contribution in [0.5, 0.6) is 0 Å². The van der Waals surface area contributed by atoms with E-state index < -0.39 is 0 Å². The van der Waals surface area contributed by atoms with Crippen LogP contribution in [0.4, 0.5) is 5.69 Å². The van der Waals surface area contributed by atoms with Gasteiger partial charge in [0.05, 0.1) is 18.5 Å². The van der Waals surface area contributed by atoms with Crippen LogP contribution < -0.4 is 5.01 Å². The van der Waals surface area contributed by atoms with E-state index in [4.69, 9.17) is 16.3 Å². The molecule has 0 radical (unpaired) electrons. The third-order valence-corrected chi connectivity index (χ3v) is 3.58. The van der Waals surface area contributed by atoms with Gasteiger partial charge in [-0.2, -0.15) is 5.10 Å².